The maximum absolute atomic E-state index is 12.5. The van der Waals surface area contributed by atoms with E-state index in [1.54, 1.807) is 6.07 Å². The number of hydrogen-bond donors (Lipinski definition) is 2. The number of halogens is 2. The Morgan fingerprint density at radius 2 is 1.90 bits per heavy atom. The maximum atomic E-state index is 12.5. The summed E-state index contributed by atoms with van der Waals surface area (Å²) in [5.74, 6) is -0.143. The highest BCUT2D eigenvalue weighted by Crippen LogP contribution is 2.35. The molecular weight excluding hydrogens is 510 g/mol. The molecule has 2 N–H and O–H groups in total. The molecule has 1 amide bonds. The first-order valence-corrected chi connectivity index (χ1v) is 11.2. The van der Waals surface area contributed by atoms with Gasteiger partial charge in [-0.1, -0.05) is 53.2 Å². The van der Waals surface area contributed by atoms with Crippen LogP contribution in [0, 0.1) is 6.92 Å². The molecule has 3 rings (SSSR count). The molecule has 5 nitrogen and oxygen atoms in total. The van der Waals surface area contributed by atoms with E-state index in [-0.39, 0.29) is 18.2 Å². The average Bonchev–Trinajstić information content (AvgIpc) is 2.75. The van der Waals surface area contributed by atoms with Gasteiger partial charge in [0.15, 0.2) is 0 Å². The van der Waals surface area contributed by atoms with Gasteiger partial charge in [-0.15, -0.1) is 0 Å². The van der Waals surface area contributed by atoms with E-state index in [0.29, 0.717) is 10.0 Å². The first-order chi connectivity index (χ1) is 14.4. The molecule has 0 aliphatic rings. The number of aromatic hydroxyl groups is 1. The minimum atomic E-state index is -0.224. The number of amides is 1. The molecule has 0 aliphatic carbocycles. The van der Waals surface area contributed by atoms with Crippen molar-refractivity contribution >= 4 is 60.4 Å². The van der Waals surface area contributed by atoms with Crippen molar-refractivity contribution in [2.75, 3.05) is 18.0 Å². The fourth-order valence-electron chi connectivity index (χ4n) is 3.15. The molecule has 0 atom stereocenters. The number of rotatable bonds is 7. The summed E-state index contributed by atoms with van der Waals surface area (Å²) in [6.45, 7) is 4.91. The zero-order valence-corrected chi connectivity index (χ0v) is 20.0. The topological polar surface area (TPSA) is 64.9 Å². The molecule has 0 bridgehead atoms. The summed E-state index contributed by atoms with van der Waals surface area (Å²) in [6.07, 6.45) is 2.35. The van der Waals surface area contributed by atoms with Gasteiger partial charge < -0.3 is 10.0 Å². The molecule has 0 aromatic heterocycles. The monoisotopic (exact) mass is 531 g/mol. The zero-order chi connectivity index (χ0) is 21.7. The molecule has 0 saturated carbocycles. The molecule has 0 heterocycles. The van der Waals surface area contributed by atoms with E-state index in [2.05, 4.69) is 73.6 Å². The number of benzene rings is 3. The van der Waals surface area contributed by atoms with Crippen molar-refractivity contribution in [3.05, 3.63) is 68.6 Å². The highest BCUT2D eigenvalue weighted by molar-refractivity contribution is 9.11. The number of nitrogens with zero attached hydrogens (tertiary/aromatic N) is 2. The predicted octanol–water partition coefficient (Wildman–Crippen LogP) is 5.75. The van der Waals surface area contributed by atoms with Gasteiger partial charge in [0.1, 0.15) is 5.75 Å². The summed E-state index contributed by atoms with van der Waals surface area (Å²) in [5.41, 5.74) is 4.94. The molecule has 0 aliphatic heterocycles. The summed E-state index contributed by atoms with van der Waals surface area (Å²) < 4.78 is 1.43. The molecule has 30 heavy (non-hydrogen) atoms. The molecule has 156 valence electrons. The maximum Gasteiger partial charge on any atom is 0.259 e. The first kappa shape index (κ1) is 22.3. The number of phenolic OH excluding ortho intramolecular Hbond substituents is 1. The van der Waals surface area contributed by atoms with Crippen molar-refractivity contribution < 1.29 is 9.90 Å². The van der Waals surface area contributed by atoms with Gasteiger partial charge in [0.05, 0.1) is 17.2 Å². The van der Waals surface area contributed by atoms with Crippen LogP contribution in [-0.4, -0.2) is 30.3 Å². The Labute approximate surface area is 193 Å². The zero-order valence-electron chi connectivity index (χ0n) is 16.8. The third-order valence-electron chi connectivity index (χ3n) is 4.77. The van der Waals surface area contributed by atoms with Crippen molar-refractivity contribution in [1.29, 1.82) is 0 Å². The fraction of sp³-hybridized carbons (Fsp3) is 0.217. The lowest BCUT2D eigenvalue weighted by Crippen LogP contribution is -2.35. The molecule has 0 fully saturated rings. The quantitative estimate of drug-likeness (QED) is 0.301. The van der Waals surface area contributed by atoms with Gasteiger partial charge in [-0.05, 0) is 63.8 Å². The Balaban J connectivity index is 1.70. The number of carbonyl (C=O) groups excluding carboxylic acids is 1. The number of nitrogens with one attached hydrogen (secondary N) is 1. The van der Waals surface area contributed by atoms with Gasteiger partial charge in [-0.2, -0.15) is 5.10 Å². The first-order valence-electron chi connectivity index (χ1n) is 9.64. The van der Waals surface area contributed by atoms with Crippen molar-refractivity contribution in [2.45, 2.75) is 20.3 Å². The number of phenols is 1. The Kier molecular flexibility index (Phi) is 7.50. The van der Waals surface area contributed by atoms with E-state index >= 15 is 0 Å². The van der Waals surface area contributed by atoms with Gasteiger partial charge in [0.25, 0.3) is 5.91 Å². The third kappa shape index (κ3) is 5.21. The SMILES string of the molecule is CCCN(CC(=O)N/N=C\c1cc(Br)c(C)c(Br)c1O)c1ccc2ccccc2c1. The smallest absolute Gasteiger partial charge is 0.259 e. The summed E-state index contributed by atoms with van der Waals surface area (Å²) in [6, 6.07) is 16.1. The molecule has 3 aromatic carbocycles. The van der Waals surface area contributed by atoms with Crippen LogP contribution in [0.25, 0.3) is 10.8 Å². The van der Waals surface area contributed by atoms with E-state index in [0.717, 1.165) is 34.1 Å². The van der Waals surface area contributed by atoms with Gasteiger partial charge in [0, 0.05) is 22.3 Å². The van der Waals surface area contributed by atoms with Crippen LogP contribution in [0.4, 0.5) is 5.69 Å². The Hall–Kier alpha value is -2.38. The Bertz CT molecular complexity index is 1100. The normalized spacial score (nSPS) is 11.2. The predicted molar refractivity (Wildman–Crippen MR) is 130 cm³/mol. The van der Waals surface area contributed by atoms with Crippen LogP contribution in [0.15, 0.2) is 62.6 Å². The summed E-state index contributed by atoms with van der Waals surface area (Å²) >= 11 is 6.81. The second-order valence-electron chi connectivity index (χ2n) is 6.98. The lowest BCUT2D eigenvalue weighted by atomic mass is 10.1. The van der Waals surface area contributed by atoms with Gasteiger partial charge in [-0.3, -0.25) is 4.79 Å². The van der Waals surface area contributed by atoms with Gasteiger partial charge >= 0.3 is 0 Å². The lowest BCUT2D eigenvalue weighted by molar-refractivity contribution is -0.119. The van der Waals surface area contributed by atoms with E-state index in [4.69, 9.17) is 0 Å². The summed E-state index contributed by atoms with van der Waals surface area (Å²) in [5, 5.41) is 16.6. The molecular formula is C23H23Br2N3O2. The van der Waals surface area contributed by atoms with Crippen LogP contribution in [0.1, 0.15) is 24.5 Å². The molecule has 7 heteroatoms. The number of carbonyl (C=O) groups is 1. The van der Waals surface area contributed by atoms with Crippen LogP contribution in [0.5, 0.6) is 5.75 Å². The van der Waals surface area contributed by atoms with E-state index in [1.807, 2.05) is 30.0 Å². The van der Waals surface area contributed by atoms with Gasteiger partial charge in [0.2, 0.25) is 0 Å². The summed E-state index contributed by atoms with van der Waals surface area (Å²) in [7, 11) is 0. The van der Waals surface area contributed by atoms with Crippen LogP contribution in [-0.2, 0) is 4.79 Å². The van der Waals surface area contributed by atoms with Crippen molar-refractivity contribution in [2.24, 2.45) is 5.10 Å². The Morgan fingerprint density at radius 3 is 2.63 bits per heavy atom. The lowest BCUT2D eigenvalue weighted by Gasteiger charge is -2.23. The van der Waals surface area contributed by atoms with Crippen LogP contribution < -0.4 is 10.3 Å². The molecule has 0 unspecified atom stereocenters. The molecule has 0 saturated heterocycles. The molecule has 0 spiro atoms. The fourth-order valence-corrected chi connectivity index (χ4v) is 4.30. The summed E-state index contributed by atoms with van der Waals surface area (Å²) in [4.78, 5) is 14.5. The third-order valence-corrected chi connectivity index (χ3v) is 6.56. The second kappa shape index (κ2) is 10.1. The second-order valence-corrected chi connectivity index (χ2v) is 8.63. The number of fused-ring (bicyclic) bond motifs is 1. The highest BCUT2D eigenvalue weighted by atomic mass is 79.9. The van der Waals surface area contributed by atoms with Crippen LogP contribution in [0.2, 0.25) is 0 Å². The van der Waals surface area contributed by atoms with E-state index < -0.39 is 0 Å². The van der Waals surface area contributed by atoms with Crippen molar-refractivity contribution in [1.82, 2.24) is 5.43 Å². The minimum Gasteiger partial charge on any atom is -0.506 e. The number of hydrogen-bond acceptors (Lipinski definition) is 4. The Morgan fingerprint density at radius 1 is 1.17 bits per heavy atom. The minimum absolute atomic E-state index is 0.0810. The largest absolute Gasteiger partial charge is 0.506 e. The van der Waals surface area contributed by atoms with Crippen LogP contribution in [0.3, 0.4) is 0 Å². The number of hydrazone groups is 1. The standard InChI is InChI=1S/C23H23Br2N3O2/c1-3-10-28(19-9-8-16-6-4-5-7-17(16)11-19)14-21(29)27-26-13-18-12-20(24)15(2)22(25)23(18)30/h4-9,11-13,30H,3,10,14H2,1-2H3,(H,27,29)/b26-13-. The highest BCUT2D eigenvalue weighted by Gasteiger charge is 2.12. The average molecular weight is 533 g/mol. The number of anilines is 1. The molecule has 3 aromatic rings. The van der Waals surface area contributed by atoms with Crippen LogP contribution >= 0.6 is 31.9 Å². The van der Waals surface area contributed by atoms with Gasteiger partial charge in [-0.25, -0.2) is 5.43 Å². The van der Waals surface area contributed by atoms with E-state index in [1.165, 1.54) is 11.6 Å². The van der Waals surface area contributed by atoms with E-state index in [9.17, 15) is 9.90 Å². The van der Waals surface area contributed by atoms with Crippen molar-refractivity contribution in [3.63, 3.8) is 0 Å². The molecule has 0 radical (unpaired) electrons. The van der Waals surface area contributed by atoms with Crippen molar-refractivity contribution in [3.8, 4) is 5.75 Å².